The van der Waals surface area contributed by atoms with Crippen molar-refractivity contribution < 1.29 is 14.3 Å². The molecule has 1 aliphatic heterocycles. The zero-order valence-electron chi connectivity index (χ0n) is 18.0. The van der Waals surface area contributed by atoms with E-state index in [1.807, 2.05) is 61.7 Å². The second-order valence-electron chi connectivity index (χ2n) is 7.25. The number of ether oxygens (including phenoxy) is 2. The van der Waals surface area contributed by atoms with Gasteiger partial charge in [-0.15, -0.1) is 11.3 Å². The molecule has 1 N–H and O–H groups in total. The standard InChI is InChI=1S/C24H24N4O3S/c1-4-30-21-8-6-5-7-18(21)13-26-28-20(15-32-24(28)25-12-16(2)3)17-9-10-22-19(11-17)27-23(29)14-31-22/h5-11,13,15H,2,4,12,14H2,1,3H3,(H,27,29). The average Bonchev–Trinajstić information content (AvgIpc) is 3.19. The third-order valence-electron chi connectivity index (χ3n) is 4.61. The van der Waals surface area contributed by atoms with E-state index in [2.05, 4.69) is 16.9 Å². The van der Waals surface area contributed by atoms with Crippen molar-refractivity contribution in [1.82, 2.24) is 4.68 Å². The number of rotatable bonds is 7. The average molecular weight is 449 g/mol. The van der Waals surface area contributed by atoms with Gasteiger partial charge in [0.2, 0.25) is 4.80 Å². The van der Waals surface area contributed by atoms with Crippen LogP contribution in [0.2, 0.25) is 0 Å². The van der Waals surface area contributed by atoms with Crippen LogP contribution < -0.4 is 19.6 Å². The first kappa shape index (κ1) is 21.6. The van der Waals surface area contributed by atoms with Crippen molar-refractivity contribution in [3.05, 3.63) is 70.4 Å². The van der Waals surface area contributed by atoms with Crippen molar-refractivity contribution in [2.75, 3.05) is 25.1 Å². The molecular formula is C24H24N4O3S. The summed E-state index contributed by atoms with van der Waals surface area (Å²) >= 11 is 1.49. The molecule has 3 aromatic rings. The number of nitrogens with zero attached hydrogens (tertiary/aromatic N) is 3. The monoisotopic (exact) mass is 448 g/mol. The number of carbonyl (C=O) groups is 1. The summed E-state index contributed by atoms with van der Waals surface area (Å²) < 4.78 is 13.0. The summed E-state index contributed by atoms with van der Waals surface area (Å²) in [5.41, 5.74) is 4.21. The van der Waals surface area contributed by atoms with E-state index in [-0.39, 0.29) is 12.5 Å². The number of fused-ring (bicyclic) bond motifs is 1. The summed E-state index contributed by atoms with van der Waals surface area (Å²) in [5, 5.41) is 9.59. The molecule has 7 nitrogen and oxygen atoms in total. The fourth-order valence-electron chi connectivity index (χ4n) is 3.16. The Morgan fingerprint density at radius 3 is 3.00 bits per heavy atom. The van der Waals surface area contributed by atoms with Crippen molar-refractivity contribution >= 4 is 29.1 Å². The highest BCUT2D eigenvalue weighted by atomic mass is 32.1. The number of hydrogen-bond acceptors (Lipinski definition) is 6. The SMILES string of the molecule is C=C(C)CN=c1scc(-c2ccc3c(c2)NC(=O)CO3)n1N=Cc1ccccc1OCC. The number of aromatic nitrogens is 1. The maximum absolute atomic E-state index is 11.7. The van der Waals surface area contributed by atoms with Crippen LogP contribution in [-0.2, 0) is 4.79 Å². The fourth-order valence-corrected chi connectivity index (χ4v) is 3.99. The lowest BCUT2D eigenvalue weighted by molar-refractivity contribution is -0.118. The van der Waals surface area contributed by atoms with Gasteiger partial charge in [-0.25, -0.2) is 4.68 Å². The molecular weight excluding hydrogens is 424 g/mol. The Morgan fingerprint density at radius 1 is 1.34 bits per heavy atom. The zero-order chi connectivity index (χ0) is 22.5. The molecule has 0 atom stereocenters. The van der Waals surface area contributed by atoms with Gasteiger partial charge in [0.1, 0.15) is 11.5 Å². The molecule has 1 aliphatic rings. The van der Waals surface area contributed by atoms with E-state index in [4.69, 9.17) is 14.6 Å². The van der Waals surface area contributed by atoms with Crippen molar-refractivity contribution in [2.45, 2.75) is 13.8 Å². The van der Waals surface area contributed by atoms with Crippen LogP contribution in [0, 0.1) is 0 Å². The molecule has 32 heavy (non-hydrogen) atoms. The van der Waals surface area contributed by atoms with Gasteiger partial charge in [0, 0.05) is 16.5 Å². The van der Waals surface area contributed by atoms with Gasteiger partial charge in [0.05, 0.1) is 30.7 Å². The Hall–Kier alpha value is -3.65. The van der Waals surface area contributed by atoms with E-state index in [1.165, 1.54) is 11.3 Å². The van der Waals surface area contributed by atoms with E-state index >= 15 is 0 Å². The molecule has 0 radical (unpaired) electrons. The molecule has 4 rings (SSSR count). The van der Waals surface area contributed by atoms with Crippen LogP contribution in [-0.4, -0.2) is 36.6 Å². The Balaban J connectivity index is 1.78. The van der Waals surface area contributed by atoms with Gasteiger partial charge >= 0.3 is 0 Å². The first-order chi connectivity index (χ1) is 15.5. The smallest absolute Gasteiger partial charge is 0.262 e. The summed E-state index contributed by atoms with van der Waals surface area (Å²) in [6, 6.07) is 13.4. The Kier molecular flexibility index (Phi) is 6.51. The van der Waals surface area contributed by atoms with Crippen LogP contribution in [0.5, 0.6) is 11.5 Å². The molecule has 0 bridgehead atoms. The summed E-state index contributed by atoms with van der Waals surface area (Å²) in [7, 11) is 0. The minimum absolute atomic E-state index is 0.0261. The highest BCUT2D eigenvalue weighted by Gasteiger charge is 2.17. The van der Waals surface area contributed by atoms with Crippen molar-refractivity contribution in [3.63, 3.8) is 0 Å². The fraction of sp³-hybridized carbons (Fsp3) is 0.208. The summed E-state index contributed by atoms with van der Waals surface area (Å²) in [4.78, 5) is 17.1. The second kappa shape index (κ2) is 9.65. The molecule has 0 fully saturated rings. The molecule has 0 unspecified atom stereocenters. The number of anilines is 1. The minimum atomic E-state index is -0.171. The Labute approximate surface area is 190 Å². The normalized spacial score (nSPS) is 13.6. The van der Waals surface area contributed by atoms with Crippen molar-refractivity contribution in [2.24, 2.45) is 10.1 Å². The van der Waals surface area contributed by atoms with Gasteiger partial charge in [0.25, 0.3) is 5.91 Å². The van der Waals surface area contributed by atoms with E-state index in [1.54, 1.807) is 10.9 Å². The van der Waals surface area contributed by atoms with E-state index in [0.717, 1.165) is 32.9 Å². The lowest BCUT2D eigenvalue weighted by Crippen LogP contribution is -2.25. The number of carbonyl (C=O) groups excluding carboxylic acids is 1. The molecule has 1 aromatic heterocycles. The summed E-state index contributed by atoms with van der Waals surface area (Å²) in [6.07, 6.45) is 1.77. The predicted octanol–water partition coefficient (Wildman–Crippen LogP) is 4.31. The van der Waals surface area contributed by atoms with Crippen molar-refractivity contribution in [1.29, 1.82) is 0 Å². The molecule has 1 amide bonds. The van der Waals surface area contributed by atoms with Gasteiger partial charge < -0.3 is 14.8 Å². The Bertz CT molecular complexity index is 1260. The second-order valence-corrected chi connectivity index (χ2v) is 8.09. The lowest BCUT2D eigenvalue weighted by Gasteiger charge is -2.18. The molecule has 2 aromatic carbocycles. The van der Waals surface area contributed by atoms with Crippen LogP contribution in [0.1, 0.15) is 19.4 Å². The zero-order valence-corrected chi connectivity index (χ0v) is 18.8. The lowest BCUT2D eigenvalue weighted by atomic mass is 10.1. The van der Waals surface area contributed by atoms with Crippen LogP contribution in [0.15, 0.2) is 70.1 Å². The first-order valence-electron chi connectivity index (χ1n) is 10.2. The predicted molar refractivity (Wildman–Crippen MR) is 128 cm³/mol. The largest absolute Gasteiger partial charge is 0.493 e. The van der Waals surface area contributed by atoms with Crippen LogP contribution in [0.25, 0.3) is 11.3 Å². The minimum Gasteiger partial charge on any atom is -0.493 e. The third-order valence-corrected chi connectivity index (χ3v) is 5.46. The molecule has 0 aliphatic carbocycles. The number of nitrogens with one attached hydrogen (secondary N) is 1. The third kappa shape index (κ3) is 4.81. The van der Waals surface area contributed by atoms with Gasteiger partial charge in [0.15, 0.2) is 6.61 Å². The number of benzene rings is 2. The number of para-hydroxylation sites is 1. The van der Waals surface area contributed by atoms with Crippen molar-refractivity contribution in [3.8, 4) is 22.8 Å². The van der Waals surface area contributed by atoms with Crippen LogP contribution in [0.4, 0.5) is 5.69 Å². The summed E-state index contributed by atoms with van der Waals surface area (Å²) in [6.45, 7) is 8.94. The topological polar surface area (TPSA) is 77.2 Å². The molecule has 2 heterocycles. The van der Waals surface area contributed by atoms with Gasteiger partial charge in [-0.2, -0.15) is 5.10 Å². The van der Waals surface area contributed by atoms with Gasteiger partial charge in [-0.1, -0.05) is 24.3 Å². The molecule has 8 heteroatoms. The Morgan fingerprint density at radius 2 is 2.19 bits per heavy atom. The van der Waals surface area contributed by atoms with Crippen LogP contribution >= 0.6 is 11.3 Å². The molecule has 164 valence electrons. The van der Waals surface area contributed by atoms with Gasteiger partial charge in [-0.3, -0.25) is 9.79 Å². The number of amides is 1. The molecule has 0 spiro atoms. The number of hydrogen-bond donors (Lipinski definition) is 1. The first-order valence-corrected chi connectivity index (χ1v) is 11.1. The molecule has 0 saturated carbocycles. The maximum atomic E-state index is 11.7. The van der Waals surface area contributed by atoms with E-state index in [0.29, 0.717) is 24.6 Å². The van der Waals surface area contributed by atoms with E-state index < -0.39 is 0 Å². The molecule has 0 saturated heterocycles. The summed E-state index contributed by atoms with van der Waals surface area (Å²) in [5.74, 6) is 1.25. The highest BCUT2D eigenvalue weighted by Crippen LogP contribution is 2.33. The highest BCUT2D eigenvalue weighted by molar-refractivity contribution is 7.07. The maximum Gasteiger partial charge on any atom is 0.262 e. The van der Waals surface area contributed by atoms with Gasteiger partial charge in [-0.05, 0) is 44.2 Å². The van der Waals surface area contributed by atoms with Crippen LogP contribution in [0.3, 0.4) is 0 Å². The quantitative estimate of drug-likeness (QED) is 0.432. The number of thiazole rings is 1. The van der Waals surface area contributed by atoms with E-state index in [9.17, 15) is 4.79 Å².